The lowest BCUT2D eigenvalue weighted by atomic mass is 10.1. The van der Waals surface area contributed by atoms with E-state index in [0.29, 0.717) is 18.7 Å². The first kappa shape index (κ1) is 20.0. The van der Waals surface area contributed by atoms with Crippen LogP contribution < -0.4 is 15.1 Å². The Morgan fingerprint density at radius 1 is 0.893 bits per heavy atom. The Morgan fingerprint density at radius 3 is 2.18 bits per heavy atom. The molecular weight excluding hydrogens is 354 g/mol. The van der Waals surface area contributed by atoms with Crippen molar-refractivity contribution in [3.05, 3.63) is 71.3 Å². The molecule has 0 atom stereocenters. The molecule has 1 amide bonds. The molecule has 0 aromatic heterocycles. The highest BCUT2D eigenvalue weighted by molar-refractivity contribution is 5.89. The standard InChI is InChI=1S/C22H27N3O3/c1-28-22(27)20-9-7-18(8-10-20)15-23-21(26)17-25-13-11-24(12-14-25)16-19-5-3-2-4-6-19/h2-10H,11-17H2,1H3,(H,23,26)/p+2. The summed E-state index contributed by atoms with van der Waals surface area (Å²) in [7, 11) is 1.36. The molecule has 6 nitrogen and oxygen atoms in total. The summed E-state index contributed by atoms with van der Waals surface area (Å²) in [4.78, 5) is 26.6. The zero-order valence-corrected chi connectivity index (χ0v) is 16.4. The van der Waals surface area contributed by atoms with E-state index < -0.39 is 0 Å². The van der Waals surface area contributed by atoms with Crippen LogP contribution in [-0.2, 0) is 22.6 Å². The van der Waals surface area contributed by atoms with E-state index in [2.05, 4.69) is 34.3 Å². The van der Waals surface area contributed by atoms with Gasteiger partial charge >= 0.3 is 5.97 Å². The van der Waals surface area contributed by atoms with E-state index in [4.69, 9.17) is 0 Å². The molecule has 1 aliphatic rings. The van der Waals surface area contributed by atoms with Gasteiger partial charge in [-0.2, -0.15) is 0 Å². The Bertz CT molecular complexity index is 769. The SMILES string of the molecule is COC(=O)c1ccc(CNC(=O)C[NH+]2CC[NH+](Cc3ccccc3)CC2)cc1. The van der Waals surface area contributed by atoms with Crippen molar-refractivity contribution in [3.63, 3.8) is 0 Å². The average molecular weight is 383 g/mol. The van der Waals surface area contributed by atoms with Gasteiger partial charge in [0.25, 0.3) is 5.91 Å². The molecule has 1 saturated heterocycles. The van der Waals surface area contributed by atoms with Gasteiger partial charge in [0.15, 0.2) is 6.54 Å². The Labute approximate surface area is 166 Å². The summed E-state index contributed by atoms with van der Waals surface area (Å²) >= 11 is 0. The van der Waals surface area contributed by atoms with E-state index in [1.54, 1.807) is 17.0 Å². The minimum Gasteiger partial charge on any atom is -0.465 e. The van der Waals surface area contributed by atoms with Gasteiger partial charge < -0.3 is 19.9 Å². The fourth-order valence-electron chi connectivity index (χ4n) is 3.56. The zero-order chi connectivity index (χ0) is 19.8. The first-order chi connectivity index (χ1) is 13.6. The predicted octanol–water partition coefficient (Wildman–Crippen LogP) is -0.927. The molecule has 0 aliphatic carbocycles. The lowest BCUT2D eigenvalue weighted by molar-refractivity contribution is -1.02. The quantitative estimate of drug-likeness (QED) is 0.542. The molecule has 3 rings (SSSR count). The lowest BCUT2D eigenvalue weighted by Crippen LogP contribution is -3.28. The molecule has 0 radical (unpaired) electrons. The monoisotopic (exact) mass is 383 g/mol. The molecule has 1 aliphatic heterocycles. The molecule has 1 heterocycles. The number of rotatable bonds is 7. The van der Waals surface area contributed by atoms with Gasteiger partial charge in [-0.05, 0) is 17.7 Å². The second-order valence-electron chi connectivity index (χ2n) is 7.30. The number of methoxy groups -OCH3 is 1. The van der Waals surface area contributed by atoms with Crippen LogP contribution in [0.3, 0.4) is 0 Å². The first-order valence-corrected chi connectivity index (χ1v) is 9.79. The van der Waals surface area contributed by atoms with Gasteiger partial charge in [-0.15, -0.1) is 0 Å². The molecule has 6 heteroatoms. The zero-order valence-electron chi connectivity index (χ0n) is 16.4. The van der Waals surface area contributed by atoms with E-state index >= 15 is 0 Å². The maximum Gasteiger partial charge on any atom is 0.337 e. The first-order valence-electron chi connectivity index (χ1n) is 9.79. The number of hydrogen-bond acceptors (Lipinski definition) is 3. The maximum absolute atomic E-state index is 12.3. The number of ether oxygens (including phenoxy) is 1. The number of esters is 1. The summed E-state index contributed by atoms with van der Waals surface area (Å²) in [5.74, 6) is -0.286. The molecule has 0 bridgehead atoms. The number of amides is 1. The van der Waals surface area contributed by atoms with Crippen LogP contribution in [0.2, 0.25) is 0 Å². The number of quaternary nitrogens is 2. The van der Waals surface area contributed by atoms with Crippen LogP contribution in [0.1, 0.15) is 21.5 Å². The summed E-state index contributed by atoms with van der Waals surface area (Å²) in [6.45, 7) is 6.26. The van der Waals surface area contributed by atoms with Crippen molar-refractivity contribution in [1.82, 2.24) is 5.32 Å². The second kappa shape index (κ2) is 10.0. The minimum absolute atomic E-state index is 0.0681. The van der Waals surface area contributed by atoms with E-state index in [0.717, 1.165) is 38.3 Å². The Morgan fingerprint density at radius 2 is 1.54 bits per heavy atom. The summed E-state index contributed by atoms with van der Waals surface area (Å²) in [5.41, 5.74) is 2.85. The van der Waals surface area contributed by atoms with Crippen LogP contribution in [0.25, 0.3) is 0 Å². The lowest BCUT2D eigenvalue weighted by Gasteiger charge is -2.29. The van der Waals surface area contributed by atoms with E-state index in [1.807, 2.05) is 18.2 Å². The third-order valence-electron chi connectivity index (χ3n) is 5.24. The van der Waals surface area contributed by atoms with E-state index in [9.17, 15) is 9.59 Å². The van der Waals surface area contributed by atoms with E-state index in [1.165, 1.54) is 17.6 Å². The van der Waals surface area contributed by atoms with Gasteiger partial charge in [0, 0.05) is 12.1 Å². The molecular formula is C22H29N3O3+2. The van der Waals surface area contributed by atoms with Crippen LogP contribution in [-0.4, -0.2) is 51.7 Å². The predicted molar refractivity (Wildman–Crippen MR) is 106 cm³/mol. The van der Waals surface area contributed by atoms with Crippen LogP contribution in [0.15, 0.2) is 54.6 Å². The van der Waals surface area contributed by atoms with Gasteiger partial charge in [-0.25, -0.2) is 4.79 Å². The van der Waals surface area contributed by atoms with Crippen LogP contribution in [0, 0.1) is 0 Å². The number of benzene rings is 2. The van der Waals surface area contributed by atoms with Gasteiger partial charge in [-0.3, -0.25) is 4.79 Å². The molecule has 0 unspecified atom stereocenters. The molecule has 28 heavy (non-hydrogen) atoms. The molecule has 2 aromatic rings. The van der Waals surface area contributed by atoms with Crippen molar-refractivity contribution in [2.45, 2.75) is 13.1 Å². The molecule has 2 aromatic carbocycles. The van der Waals surface area contributed by atoms with Gasteiger partial charge in [0.05, 0.1) is 12.7 Å². The highest BCUT2D eigenvalue weighted by Gasteiger charge is 2.24. The van der Waals surface area contributed by atoms with Crippen LogP contribution in [0.4, 0.5) is 0 Å². The molecule has 1 fully saturated rings. The van der Waals surface area contributed by atoms with Crippen LogP contribution in [0.5, 0.6) is 0 Å². The Hall–Kier alpha value is -2.70. The number of hydrogen-bond donors (Lipinski definition) is 3. The fourth-order valence-corrected chi connectivity index (χ4v) is 3.56. The van der Waals surface area contributed by atoms with Crippen LogP contribution >= 0.6 is 0 Å². The third-order valence-corrected chi connectivity index (χ3v) is 5.24. The molecule has 148 valence electrons. The van der Waals surface area contributed by atoms with Gasteiger partial charge in [0.2, 0.25) is 0 Å². The topological polar surface area (TPSA) is 64.3 Å². The molecule has 0 saturated carbocycles. The summed E-state index contributed by atoms with van der Waals surface area (Å²) in [6, 6.07) is 17.7. The smallest absolute Gasteiger partial charge is 0.337 e. The van der Waals surface area contributed by atoms with Crippen molar-refractivity contribution < 1.29 is 24.1 Å². The number of carbonyl (C=O) groups is 2. The highest BCUT2D eigenvalue weighted by Crippen LogP contribution is 2.05. The Balaban J connectivity index is 1.37. The largest absolute Gasteiger partial charge is 0.465 e. The average Bonchev–Trinajstić information content (AvgIpc) is 2.74. The van der Waals surface area contributed by atoms with Gasteiger partial charge in [0.1, 0.15) is 32.7 Å². The van der Waals surface area contributed by atoms with Crippen molar-refractivity contribution in [2.75, 3.05) is 39.8 Å². The second-order valence-corrected chi connectivity index (χ2v) is 7.30. The molecule has 3 N–H and O–H groups in total. The Kier molecular flexibility index (Phi) is 7.17. The van der Waals surface area contributed by atoms with Crippen molar-refractivity contribution in [3.8, 4) is 0 Å². The highest BCUT2D eigenvalue weighted by atomic mass is 16.5. The minimum atomic E-state index is -0.354. The van der Waals surface area contributed by atoms with E-state index in [-0.39, 0.29) is 11.9 Å². The normalized spacial score (nSPS) is 19.0. The van der Waals surface area contributed by atoms with Crippen molar-refractivity contribution >= 4 is 11.9 Å². The number of piperazine rings is 1. The summed E-state index contributed by atoms with van der Waals surface area (Å²) in [5, 5.41) is 2.98. The molecule has 0 spiro atoms. The summed E-state index contributed by atoms with van der Waals surface area (Å²) < 4.78 is 4.69. The number of nitrogens with one attached hydrogen (secondary N) is 3. The maximum atomic E-state index is 12.3. The number of carbonyl (C=O) groups excluding carboxylic acids is 2. The fraction of sp³-hybridized carbons (Fsp3) is 0.364. The van der Waals surface area contributed by atoms with Crippen molar-refractivity contribution in [2.24, 2.45) is 0 Å². The van der Waals surface area contributed by atoms with Crippen molar-refractivity contribution in [1.29, 1.82) is 0 Å². The van der Waals surface area contributed by atoms with Gasteiger partial charge in [-0.1, -0.05) is 42.5 Å². The summed E-state index contributed by atoms with van der Waals surface area (Å²) in [6.07, 6.45) is 0. The third kappa shape index (κ3) is 5.90.